The van der Waals surface area contributed by atoms with E-state index in [1.165, 1.54) is 36.4 Å². The molecule has 18 heavy (non-hydrogen) atoms. The second kappa shape index (κ2) is 4.93. The van der Waals surface area contributed by atoms with E-state index in [0.717, 1.165) is 5.92 Å². The van der Waals surface area contributed by atoms with Crippen LogP contribution in [0.5, 0.6) is 0 Å². The van der Waals surface area contributed by atoms with Crippen molar-refractivity contribution in [2.45, 2.75) is 64.3 Å². The zero-order valence-electron chi connectivity index (χ0n) is 12.3. The lowest BCUT2D eigenvalue weighted by Gasteiger charge is -2.27. The highest BCUT2D eigenvalue weighted by Crippen LogP contribution is 2.44. The summed E-state index contributed by atoms with van der Waals surface area (Å²) < 4.78 is 0. The first-order valence-corrected chi connectivity index (χ1v) is 7.94. The molecule has 1 heterocycles. The van der Waals surface area contributed by atoms with E-state index in [1.54, 1.807) is 0 Å². The summed E-state index contributed by atoms with van der Waals surface area (Å²) in [5.74, 6) is 0.861. The predicted octanol–water partition coefficient (Wildman–Crippen LogP) is 4.07. The van der Waals surface area contributed by atoms with Gasteiger partial charge in [0.05, 0.1) is 11.2 Å². The molecular weight excluding hydrogens is 240 g/mol. The Balaban J connectivity index is 2.26. The second-order valence-corrected chi connectivity index (χ2v) is 7.50. The fraction of sp³-hybridized carbons (Fsp3) is 0.800. The normalized spacial score (nSPS) is 28.8. The van der Waals surface area contributed by atoms with Gasteiger partial charge in [-0.2, -0.15) is 0 Å². The molecule has 0 spiro atoms. The molecule has 1 saturated carbocycles. The molecule has 2 unspecified atom stereocenters. The van der Waals surface area contributed by atoms with Gasteiger partial charge in [0.15, 0.2) is 0 Å². The van der Waals surface area contributed by atoms with Crippen LogP contribution in [0.1, 0.15) is 64.1 Å². The Labute approximate surface area is 115 Å². The number of hydrogen-bond acceptors (Lipinski definition) is 3. The zero-order valence-corrected chi connectivity index (χ0v) is 13.2. The Kier molecular flexibility index (Phi) is 3.84. The van der Waals surface area contributed by atoms with Crippen molar-refractivity contribution >= 4 is 11.3 Å². The molecule has 0 radical (unpaired) electrons. The van der Waals surface area contributed by atoms with Crippen LogP contribution in [0.3, 0.4) is 0 Å². The van der Waals surface area contributed by atoms with E-state index < -0.39 is 0 Å². The summed E-state index contributed by atoms with van der Waals surface area (Å²) in [6.45, 7) is 9.02. The van der Waals surface area contributed by atoms with Crippen molar-refractivity contribution in [1.82, 2.24) is 10.3 Å². The Morgan fingerprint density at radius 3 is 2.67 bits per heavy atom. The number of aromatic nitrogens is 1. The average Bonchev–Trinajstić information content (AvgIpc) is 2.95. The average molecular weight is 266 g/mol. The van der Waals surface area contributed by atoms with Crippen LogP contribution < -0.4 is 5.32 Å². The largest absolute Gasteiger partial charge is 0.308 e. The van der Waals surface area contributed by atoms with Crippen LogP contribution in [0.15, 0.2) is 5.38 Å². The molecule has 0 aromatic carbocycles. The van der Waals surface area contributed by atoms with Crippen molar-refractivity contribution in [3.8, 4) is 0 Å². The lowest BCUT2D eigenvalue weighted by molar-refractivity contribution is 0.349. The molecule has 1 aromatic rings. The first-order valence-electron chi connectivity index (χ1n) is 7.06. The first-order chi connectivity index (χ1) is 8.41. The van der Waals surface area contributed by atoms with Crippen LogP contribution >= 0.6 is 11.3 Å². The maximum absolute atomic E-state index is 4.93. The molecular formula is C15H26N2S. The molecule has 2 nitrogen and oxygen atoms in total. The van der Waals surface area contributed by atoms with Gasteiger partial charge < -0.3 is 5.32 Å². The van der Waals surface area contributed by atoms with Crippen LogP contribution in [0, 0.1) is 5.92 Å². The van der Waals surface area contributed by atoms with Crippen LogP contribution in [0.25, 0.3) is 0 Å². The molecule has 2 rings (SSSR count). The van der Waals surface area contributed by atoms with Gasteiger partial charge in [0, 0.05) is 10.8 Å². The van der Waals surface area contributed by atoms with Crippen molar-refractivity contribution in [3.63, 3.8) is 0 Å². The van der Waals surface area contributed by atoms with E-state index in [2.05, 4.69) is 45.4 Å². The number of hydrogen-bond donors (Lipinski definition) is 1. The Hall–Kier alpha value is -0.410. The molecule has 0 aliphatic heterocycles. The molecule has 0 bridgehead atoms. The highest BCUT2D eigenvalue weighted by atomic mass is 32.1. The summed E-state index contributed by atoms with van der Waals surface area (Å²) in [5, 5.41) is 7.11. The number of nitrogens with one attached hydrogen (secondary N) is 1. The van der Waals surface area contributed by atoms with Gasteiger partial charge in [0.1, 0.15) is 5.01 Å². The number of nitrogens with zero attached hydrogens (tertiary/aromatic N) is 1. The number of rotatable bonds is 3. The van der Waals surface area contributed by atoms with Gasteiger partial charge in [-0.1, -0.05) is 34.1 Å². The van der Waals surface area contributed by atoms with E-state index in [-0.39, 0.29) is 11.0 Å². The Bertz CT molecular complexity index is 405. The summed E-state index contributed by atoms with van der Waals surface area (Å²) in [6.07, 6.45) is 5.11. The smallest absolute Gasteiger partial charge is 0.113 e. The van der Waals surface area contributed by atoms with Crippen LogP contribution in [0.4, 0.5) is 0 Å². The Morgan fingerprint density at radius 2 is 2.22 bits per heavy atom. The summed E-state index contributed by atoms with van der Waals surface area (Å²) in [4.78, 5) is 4.93. The lowest BCUT2D eigenvalue weighted by atomic mass is 9.92. The summed E-state index contributed by atoms with van der Waals surface area (Å²) in [6, 6.07) is 0. The molecule has 0 saturated heterocycles. The van der Waals surface area contributed by atoms with Crippen molar-refractivity contribution in [2.75, 3.05) is 7.05 Å². The van der Waals surface area contributed by atoms with Gasteiger partial charge in [-0.15, -0.1) is 11.3 Å². The topological polar surface area (TPSA) is 24.9 Å². The minimum atomic E-state index is 0.148. The quantitative estimate of drug-likeness (QED) is 0.892. The van der Waals surface area contributed by atoms with E-state index in [4.69, 9.17) is 4.98 Å². The lowest BCUT2D eigenvalue weighted by Crippen LogP contribution is -2.37. The standard InChI is InChI=1S/C15H26N2S/c1-6-11-7-8-15(9-11,16-5)13-17-12(10-18-13)14(2,3)4/h10-11,16H,6-9H2,1-5H3. The third-order valence-electron chi connectivity index (χ3n) is 4.35. The highest BCUT2D eigenvalue weighted by molar-refractivity contribution is 7.09. The van der Waals surface area contributed by atoms with Gasteiger partial charge in [-0.25, -0.2) is 4.98 Å². The van der Waals surface area contributed by atoms with E-state index in [1.807, 2.05) is 11.3 Å². The minimum Gasteiger partial charge on any atom is -0.308 e. The maximum atomic E-state index is 4.93. The zero-order chi connectivity index (χ0) is 13.4. The first kappa shape index (κ1) is 14.0. The Morgan fingerprint density at radius 1 is 1.50 bits per heavy atom. The molecule has 1 aliphatic carbocycles. The minimum absolute atomic E-state index is 0.148. The molecule has 2 atom stereocenters. The van der Waals surface area contributed by atoms with Gasteiger partial charge in [0.25, 0.3) is 0 Å². The van der Waals surface area contributed by atoms with E-state index in [0.29, 0.717) is 0 Å². The third-order valence-corrected chi connectivity index (χ3v) is 5.40. The van der Waals surface area contributed by atoms with E-state index in [9.17, 15) is 0 Å². The van der Waals surface area contributed by atoms with Gasteiger partial charge >= 0.3 is 0 Å². The fourth-order valence-electron chi connectivity index (χ4n) is 2.86. The van der Waals surface area contributed by atoms with Crippen LogP contribution in [-0.2, 0) is 11.0 Å². The van der Waals surface area contributed by atoms with Crippen LogP contribution in [-0.4, -0.2) is 12.0 Å². The highest BCUT2D eigenvalue weighted by Gasteiger charge is 2.41. The van der Waals surface area contributed by atoms with Crippen molar-refractivity contribution in [3.05, 3.63) is 16.1 Å². The molecule has 1 aliphatic rings. The maximum Gasteiger partial charge on any atom is 0.113 e. The SMILES string of the molecule is CCC1CCC(NC)(c2nc(C(C)(C)C)cs2)C1. The molecule has 1 aromatic heterocycles. The molecule has 1 fully saturated rings. The van der Waals surface area contributed by atoms with E-state index >= 15 is 0 Å². The van der Waals surface area contributed by atoms with Gasteiger partial charge in [-0.3, -0.25) is 0 Å². The van der Waals surface area contributed by atoms with Gasteiger partial charge in [0.2, 0.25) is 0 Å². The summed E-state index contributed by atoms with van der Waals surface area (Å²) in [5.41, 5.74) is 1.54. The molecule has 1 N–H and O–H groups in total. The van der Waals surface area contributed by atoms with Gasteiger partial charge in [-0.05, 0) is 32.2 Å². The second-order valence-electron chi connectivity index (χ2n) is 6.64. The summed E-state index contributed by atoms with van der Waals surface area (Å²) in [7, 11) is 2.09. The van der Waals surface area contributed by atoms with Crippen molar-refractivity contribution in [1.29, 1.82) is 0 Å². The summed E-state index contributed by atoms with van der Waals surface area (Å²) >= 11 is 1.84. The number of thiazole rings is 1. The fourth-order valence-corrected chi connectivity index (χ4v) is 4.16. The van der Waals surface area contributed by atoms with Crippen molar-refractivity contribution < 1.29 is 0 Å². The third kappa shape index (κ3) is 2.48. The molecule has 3 heteroatoms. The van der Waals surface area contributed by atoms with Crippen molar-refractivity contribution in [2.24, 2.45) is 5.92 Å². The molecule has 102 valence electrons. The predicted molar refractivity (Wildman–Crippen MR) is 79.2 cm³/mol. The monoisotopic (exact) mass is 266 g/mol. The van der Waals surface area contributed by atoms with Crippen LogP contribution in [0.2, 0.25) is 0 Å². The molecule has 0 amide bonds.